The molecule has 1 aliphatic carbocycles. The summed E-state index contributed by atoms with van der Waals surface area (Å²) < 4.78 is 0. The number of carbonyl (C=O) groups is 1. The molecule has 0 heterocycles. The first-order chi connectivity index (χ1) is 11.3. The van der Waals surface area contributed by atoms with Crippen LogP contribution in [-0.4, -0.2) is 40.4 Å². The van der Waals surface area contributed by atoms with Crippen molar-refractivity contribution < 1.29 is 15.0 Å². The summed E-state index contributed by atoms with van der Waals surface area (Å²) in [5.74, 6) is 2.76. The van der Waals surface area contributed by atoms with Gasteiger partial charge in [-0.1, -0.05) is 46.0 Å². The second-order valence-electron chi connectivity index (χ2n) is 7.56. The molecule has 1 saturated carbocycles. The topological polar surface area (TPSA) is 95.6 Å². The van der Waals surface area contributed by atoms with Gasteiger partial charge in [0, 0.05) is 6.42 Å². The predicted molar refractivity (Wildman–Crippen MR) is 96.0 cm³/mol. The van der Waals surface area contributed by atoms with E-state index >= 15 is 0 Å². The van der Waals surface area contributed by atoms with Crippen molar-refractivity contribution in [3.05, 3.63) is 0 Å². The highest BCUT2D eigenvalue weighted by molar-refractivity contribution is 5.82. The third-order valence-electron chi connectivity index (χ3n) is 4.83. The third kappa shape index (κ3) is 7.21. The van der Waals surface area contributed by atoms with Crippen molar-refractivity contribution >= 4 is 5.91 Å². The van der Waals surface area contributed by atoms with Gasteiger partial charge in [-0.25, -0.2) is 0 Å². The maximum absolute atomic E-state index is 12.2. The zero-order chi connectivity index (χ0) is 18.1. The summed E-state index contributed by atoms with van der Waals surface area (Å²) in [5.41, 5.74) is 5.77. The van der Waals surface area contributed by atoms with Crippen LogP contribution in [0, 0.1) is 24.2 Å². The first kappa shape index (κ1) is 21.0. The zero-order valence-electron chi connectivity index (χ0n) is 15.1. The van der Waals surface area contributed by atoms with Crippen LogP contribution in [0.3, 0.4) is 0 Å². The number of carbonyl (C=O) groups excluding carboxylic acids is 1. The van der Waals surface area contributed by atoms with Crippen molar-refractivity contribution in [1.82, 2.24) is 5.32 Å². The van der Waals surface area contributed by atoms with Gasteiger partial charge in [-0.3, -0.25) is 4.79 Å². The molecule has 0 aromatic rings. The van der Waals surface area contributed by atoms with E-state index < -0.39 is 24.3 Å². The summed E-state index contributed by atoms with van der Waals surface area (Å²) in [6.07, 6.45) is 10.5. The van der Waals surface area contributed by atoms with E-state index in [1.165, 1.54) is 19.3 Å². The second-order valence-corrected chi connectivity index (χ2v) is 7.56. The number of nitrogens with two attached hydrogens (primary N) is 1. The molecule has 0 aliphatic heterocycles. The Morgan fingerprint density at radius 3 is 2.46 bits per heavy atom. The summed E-state index contributed by atoms with van der Waals surface area (Å²) >= 11 is 0. The predicted octanol–water partition coefficient (Wildman–Crippen LogP) is 1.56. The SMILES string of the molecule is C#CC[C@@H](N)C(=O)N[C@@H](CC1CCCCC1)[C@@H](O)[C@@H](O)CC(C)C. The Morgan fingerprint density at radius 1 is 1.29 bits per heavy atom. The molecule has 0 saturated heterocycles. The molecule has 0 radical (unpaired) electrons. The number of aliphatic hydroxyl groups is 2. The minimum atomic E-state index is -0.990. The van der Waals surface area contributed by atoms with Gasteiger partial charge in [-0.15, -0.1) is 12.3 Å². The highest BCUT2D eigenvalue weighted by atomic mass is 16.3. The van der Waals surface area contributed by atoms with Gasteiger partial charge in [0.15, 0.2) is 0 Å². The standard InChI is InChI=1S/C19H34N2O3/c1-4-8-15(20)19(24)21-16(12-14-9-6-5-7-10-14)18(23)17(22)11-13(2)3/h1,13-18,22-23H,5-12,20H2,2-3H3,(H,21,24)/t15-,16+,17+,18-/m1/s1. The molecule has 4 atom stereocenters. The Kier molecular flexibility index (Phi) is 9.35. The maximum Gasteiger partial charge on any atom is 0.238 e. The Balaban J connectivity index is 2.73. The average Bonchev–Trinajstić information content (AvgIpc) is 2.54. The van der Waals surface area contributed by atoms with Crippen molar-refractivity contribution in [3.63, 3.8) is 0 Å². The van der Waals surface area contributed by atoms with Gasteiger partial charge in [0.25, 0.3) is 0 Å². The molecule has 0 aromatic heterocycles. The lowest BCUT2D eigenvalue weighted by Gasteiger charge is -2.33. The lowest BCUT2D eigenvalue weighted by Crippen LogP contribution is -2.53. The summed E-state index contributed by atoms with van der Waals surface area (Å²) in [4.78, 5) is 12.2. The fourth-order valence-electron chi connectivity index (χ4n) is 3.47. The summed E-state index contributed by atoms with van der Waals surface area (Å²) in [7, 11) is 0. The number of rotatable bonds is 9. The van der Waals surface area contributed by atoms with E-state index in [0.29, 0.717) is 18.8 Å². The Hall–Kier alpha value is -1.09. The molecular weight excluding hydrogens is 304 g/mol. The molecule has 0 spiro atoms. The molecule has 5 nitrogen and oxygen atoms in total. The first-order valence-electron chi connectivity index (χ1n) is 9.20. The fourth-order valence-corrected chi connectivity index (χ4v) is 3.47. The summed E-state index contributed by atoms with van der Waals surface area (Å²) in [6, 6.07) is -1.27. The normalized spacial score (nSPS) is 20.9. The van der Waals surface area contributed by atoms with Gasteiger partial charge in [0.05, 0.1) is 18.2 Å². The average molecular weight is 338 g/mol. The van der Waals surface area contributed by atoms with Crippen LogP contribution in [0.1, 0.15) is 65.2 Å². The Bertz CT molecular complexity index is 413. The van der Waals surface area contributed by atoms with E-state index in [4.69, 9.17) is 12.2 Å². The van der Waals surface area contributed by atoms with E-state index in [2.05, 4.69) is 11.2 Å². The van der Waals surface area contributed by atoms with Crippen LogP contribution in [0.25, 0.3) is 0 Å². The van der Waals surface area contributed by atoms with Gasteiger partial charge in [-0.2, -0.15) is 0 Å². The number of hydrogen-bond acceptors (Lipinski definition) is 4. The van der Waals surface area contributed by atoms with Crippen molar-refractivity contribution in [1.29, 1.82) is 0 Å². The largest absolute Gasteiger partial charge is 0.390 e. The van der Waals surface area contributed by atoms with Crippen molar-refractivity contribution in [3.8, 4) is 12.3 Å². The Morgan fingerprint density at radius 2 is 1.92 bits per heavy atom. The van der Waals surface area contributed by atoms with Crippen molar-refractivity contribution in [2.45, 2.75) is 89.5 Å². The van der Waals surface area contributed by atoms with Gasteiger partial charge in [0.1, 0.15) is 6.10 Å². The molecule has 1 rings (SSSR count). The third-order valence-corrected chi connectivity index (χ3v) is 4.83. The van der Waals surface area contributed by atoms with Gasteiger partial charge in [-0.05, 0) is 24.7 Å². The molecule has 138 valence electrons. The number of amides is 1. The van der Waals surface area contributed by atoms with Crippen LogP contribution in [-0.2, 0) is 4.79 Å². The monoisotopic (exact) mass is 338 g/mol. The van der Waals surface area contributed by atoms with E-state index in [1.807, 2.05) is 13.8 Å². The fraction of sp³-hybridized carbons (Fsp3) is 0.842. The molecule has 1 aliphatic rings. The first-order valence-corrected chi connectivity index (χ1v) is 9.20. The van der Waals surface area contributed by atoms with Gasteiger partial charge in [0.2, 0.25) is 5.91 Å². The quantitative estimate of drug-likeness (QED) is 0.480. The van der Waals surface area contributed by atoms with Crippen LogP contribution >= 0.6 is 0 Å². The van der Waals surface area contributed by atoms with Crippen LogP contribution in [0.15, 0.2) is 0 Å². The lowest BCUT2D eigenvalue weighted by atomic mass is 9.82. The molecule has 24 heavy (non-hydrogen) atoms. The second kappa shape index (κ2) is 10.7. The molecule has 0 unspecified atom stereocenters. The summed E-state index contributed by atoms with van der Waals surface area (Å²) in [6.45, 7) is 3.99. The smallest absolute Gasteiger partial charge is 0.238 e. The molecular formula is C19H34N2O3. The van der Waals surface area contributed by atoms with E-state index in [0.717, 1.165) is 12.8 Å². The van der Waals surface area contributed by atoms with Crippen LogP contribution in [0.4, 0.5) is 0 Å². The number of terminal acetylenes is 1. The highest BCUT2D eigenvalue weighted by Crippen LogP contribution is 2.28. The minimum Gasteiger partial charge on any atom is -0.390 e. The molecule has 1 amide bonds. The van der Waals surface area contributed by atoms with Crippen molar-refractivity contribution in [2.75, 3.05) is 0 Å². The molecule has 0 bridgehead atoms. The van der Waals surface area contributed by atoms with Gasteiger partial charge >= 0.3 is 0 Å². The van der Waals surface area contributed by atoms with Gasteiger partial charge < -0.3 is 21.3 Å². The lowest BCUT2D eigenvalue weighted by molar-refractivity contribution is -0.125. The minimum absolute atomic E-state index is 0.159. The van der Waals surface area contributed by atoms with Crippen LogP contribution < -0.4 is 11.1 Å². The Labute approximate surface area is 146 Å². The molecule has 0 aromatic carbocycles. The maximum atomic E-state index is 12.2. The van der Waals surface area contributed by atoms with E-state index in [9.17, 15) is 15.0 Å². The zero-order valence-corrected chi connectivity index (χ0v) is 15.1. The van der Waals surface area contributed by atoms with E-state index in [1.54, 1.807) is 0 Å². The number of aliphatic hydroxyl groups excluding tert-OH is 2. The van der Waals surface area contributed by atoms with Crippen LogP contribution in [0.2, 0.25) is 0 Å². The van der Waals surface area contributed by atoms with Crippen molar-refractivity contribution in [2.24, 2.45) is 17.6 Å². The van der Waals surface area contributed by atoms with Crippen LogP contribution in [0.5, 0.6) is 0 Å². The number of hydrogen-bond donors (Lipinski definition) is 4. The number of nitrogens with one attached hydrogen (secondary N) is 1. The molecule has 5 N–H and O–H groups in total. The van der Waals surface area contributed by atoms with E-state index in [-0.39, 0.29) is 18.2 Å². The molecule has 1 fully saturated rings. The molecule has 5 heteroatoms. The summed E-state index contributed by atoms with van der Waals surface area (Å²) in [5, 5.41) is 23.7. The highest BCUT2D eigenvalue weighted by Gasteiger charge is 2.31.